The van der Waals surface area contributed by atoms with Crippen molar-refractivity contribution in [1.29, 1.82) is 0 Å². The first kappa shape index (κ1) is 27.6. The number of hydrogen-bond acceptors (Lipinski definition) is 6. The Labute approximate surface area is 227 Å². The van der Waals surface area contributed by atoms with Crippen molar-refractivity contribution in [3.05, 3.63) is 100 Å². The first-order chi connectivity index (χ1) is 18.9. The molecule has 1 aliphatic rings. The average molecular weight is 532 g/mol. The topological polar surface area (TPSA) is 111 Å². The molecule has 1 fully saturated rings. The van der Waals surface area contributed by atoms with Crippen molar-refractivity contribution >= 4 is 17.5 Å². The lowest BCUT2D eigenvalue weighted by atomic mass is 10.0. The molecule has 39 heavy (non-hydrogen) atoms. The summed E-state index contributed by atoms with van der Waals surface area (Å²) in [7, 11) is 1.33. The maximum Gasteiger partial charge on any atom is 0.311 e. The fourth-order valence-electron chi connectivity index (χ4n) is 4.83. The highest BCUT2D eigenvalue weighted by Crippen LogP contribution is 2.31. The third-order valence-electron chi connectivity index (χ3n) is 6.88. The quantitative estimate of drug-likeness (QED) is 0.268. The predicted octanol–water partition coefficient (Wildman–Crippen LogP) is 4.68. The Morgan fingerprint density at radius 2 is 1.64 bits per heavy atom. The van der Waals surface area contributed by atoms with Crippen LogP contribution in [0.3, 0.4) is 0 Å². The molecule has 0 bridgehead atoms. The van der Waals surface area contributed by atoms with E-state index in [4.69, 9.17) is 9.47 Å². The minimum absolute atomic E-state index is 0.0315. The molecule has 204 valence electrons. The number of nitrogens with one attached hydrogen (secondary N) is 1. The highest BCUT2D eigenvalue weighted by atomic mass is 16.6. The predicted molar refractivity (Wildman–Crippen MR) is 146 cm³/mol. The van der Waals surface area contributed by atoms with Gasteiger partial charge in [0.15, 0.2) is 6.61 Å². The molecule has 0 unspecified atom stereocenters. The molecule has 2 amide bonds. The largest absolute Gasteiger partial charge is 0.490 e. The van der Waals surface area contributed by atoms with Crippen molar-refractivity contribution in [2.24, 2.45) is 0 Å². The van der Waals surface area contributed by atoms with E-state index in [9.17, 15) is 19.7 Å². The van der Waals surface area contributed by atoms with Crippen LogP contribution in [0.5, 0.6) is 11.5 Å². The van der Waals surface area contributed by atoms with E-state index < -0.39 is 11.0 Å². The Kier molecular flexibility index (Phi) is 9.50. The van der Waals surface area contributed by atoms with E-state index in [1.807, 2.05) is 60.7 Å². The van der Waals surface area contributed by atoms with Crippen LogP contribution in [0.2, 0.25) is 0 Å². The molecule has 1 atom stereocenters. The molecule has 0 aromatic heterocycles. The number of carbonyl (C=O) groups excluding carboxylic acids is 2. The van der Waals surface area contributed by atoms with E-state index in [1.165, 1.54) is 25.3 Å². The van der Waals surface area contributed by atoms with E-state index in [0.29, 0.717) is 6.42 Å². The highest BCUT2D eigenvalue weighted by molar-refractivity contribution is 5.88. The van der Waals surface area contributed by atoms with Crippen molar-refractivity contribution in [1.82, 2.24) is 10.2 Å². The Bertz CT molecular complexity index is 1260. The van der Waals surface area contributed by atoms with Gasteiger partial charge in [-0.3, -0.25) is 19.7 Å². The lowest BCUT2D eigenvalue weighted by Gasteiger charge is -2.32. The molecular weight excluding hydrogens is 498 g/mol. The summed E-state index contributed by atoms with van der Waals surface area (Å²) in [6.07, 6.45) is 4.37. The molecule has 0 radical (unpaired) electrons. The zero-order chi connectivity index (χ0) is 27.6. The molecule has 9 nitrogen and oxygen atoms in total. The van der Waals surface area contributed by atoms with Crippen LogP contribution < -0.4 is 14.8 Å². The zero-order valence-corrected chi connectivity index (χ0v) is 22.0. The van der Waals surface area contributed by atoms with Gasteiger partial charge in [0.05, 0.1) is 12.0 Å². The number of hydrogen-bond donors (Lipinski definition) is 1. The van der Waals surface area contributed by atoms with E-state index in [-0.39, 0.29) is 48.2 Å². The normalized spacial score (nSPS) is 13.9. The second-order valence-electron chi connectivity index (χ2n) is 9.58. The monoisotopic (exact) mass is 531 g/mol. The summed E-state index contributed by atoms with van der Waals surface area (Å²) in [5.41, 5.74) is 1.62. The number of ether oxygens (including phenoxy) is 2. The van der Waals surface area contributed by atoms with E-state index in [0.717, 1.165) is 36.8 Å². The fraction of sp³-hybridized carbons (Fsp3) is 0.333. The van der Waals surface area contributed by atoms with Gasteiger partial charge in [-0.1, -0.05) is 73.5 Å². The number of nitro benzene ring substituents is 1. The first-order valence-electron chi connectivity index (χ1n) is 13.1. The van der Waals surface area contributed by atoms with Gasteiger partial charge in [0.25, 0.3) is 5.91 Å². The molecule has 3 aromatic rings. The third kappa shape index (κ3) is 7.56. The number of rotatable bonds is 12. The summed E-state index contributed by atoms with van der Waals surface area (Å²) in [5.74, 6) is -0.282. The van der Waals surface area contributed by atoms with Gasteiger partial charge in [-0.05, 0) is 30.0 Å². The van der Waals surface area contributed by atoms with Gasteiger partial charge in [0, 0.05) is 31.1 Å². The second kappa shape index (κ2) is 13.4. The summed E-state index contributed by atoms with van der Waals surface area (Å²) >= 11 is 0. The van der Waals surface area contributed by atoms with Crippen LogP contribution in [0.1, 0.15) is 36.8 Å². The Morgan fingerprint density at radius 3 is 2.26 bits per heavy atom. The standard InChI is InChI=1S/C30H33N3O6/c1-38-28-19-25(16-17-26(28)33(36)37)39-21-29(34)32(20-23-12-6-3-7-13-23)27(18-22-10-4-2-5-11-22)30(35)31-24-14-8-9-15-24/h2-7,10-13,16-17,19,24,27H,8-9,14-15,18,20-21H2,1H3,(H,31,35)/t27-/m0/s1. The van der Waals surface area contributed by atoms with E-state index >= 15 is 0 Å². The summed E-state index contributed by atoms with van der Waals surface area (Å²) in [6.45, 7) is -0.127. The van der Waals surface area contributed by atoms with Crippen LogP contribution in [-0.4, -0.2) is 47.4 Å². The minimum atomic E-state index is -0.754. The fourth-order valence-corrected chi connectivity index (χ4v) is 4.83. The molecule has 1 saturated carbocycles. The van der Waals surface area contributed by atoms with Gasteiger partial charge in [-0.2, -0.15) is 0 Å². The molecule has 1 aliphatic carbocycles. The number of benzene rings is 3. The Balaban J connectivity index is 1.59. The van der Waals surface area contributed by atoms with Crippen LogP contribution in [0, 0.1) is 10.1 Å². The SMILES string of the molecule is COc1cc(OCC(=O)N(Cc2ccccc2)[C@@H](Cc2ccccc2)C(=O)NC2CCCC2)ccc1[N+](=O)[O-]. The van der Waals surface area contributed by atoms with Crippen LogP contribution in [-0.2, 0) is 22.6 Å². The molecule has 3 aromatic carbocycles. The lowest BCUT2D eigenvalue weighted by molar-refractivity contribution is -0.385. The van der Waals surface area contributed by atoms with Crippen molar-refractivity contribution in [2.75, 3.05) is 13.7 Å². The summed E-state index contributed by atoms with van der Waals surface area (Å²) in [5, 5.41) is 14.4. The van der Waals surface area contributed by atoms with Crippen molar-refractivity contribution < 1.29 is 24.0 Å². The molecule has 0 spiro atoms. The maximum absolute atomic E-state index is 13.7. The number of carbonyl (C=O) groups is 2. The summed E-state index contributed by atoms with van der Waals surface area (Å²) in [4.78, 5) is 39.6. The van der Waals surface area contributed by atoms with Crippen LogP contribution >= 0.6 is 0 Å². The van der Waals surface area contributed by atoms with Gasteiger partial charge in [0.1, 0.15) is 11.8 Å². The number of nitro groups is 1. The Morgan fingerprint density at radius 1 is 1.00 bits per heavy atom. The Hall–Kier alpha value is -4.40. The second-order valence-corrected chi connectivity index (χ2v) is 9.58. The molecule has 0 saturated heterocycles. The van der Waals surface area contributed by atoms with Crippen LogP contribution in [0.4, 0.5) is 5.69 Å². The van der Waals surface area contributed by atoms with Gasteiger partial charge >= 0.3 is 5.69 Å². The van der Waals surface area contributed by atoms with Crippen molar-refractivity contribution in [3.8, 4) is 11.5 Å². The maximum atomic E-state index is 13.7. The van der Waals surface area contributed by atoms with E-state index in [2.05, 4.69) is 5.32 Å². The zero-order valence-electron chi connectivity index (χ0n) is 22.0. The molecule has 1 N–H and O–H groups in total. The molecular formula is C30H33N3O6. The van der Waals surface area contributed by atoms with Crippen LogP contribution in [0.15, 0.2) is 78.9 Å². The molecule has 4 rings (SSSR count). The van der Waals surface area contributed by atoms with Crippen molar-refractivity contribution in [2.45, 2.75) is 50.7 Å². The van der Waals surface area contributed by atoms with Gasteiger partial charge in [-0.15, -0.1) is 0 Å². The van der Waals surface area contributed by atoms with Crippen LogP contribution in [0.25, 0.3) is 0 Å². The smallest absolute Gasteiger partial charge is 0.311 e. The molecule has 0 aliphatic heterocycles. The lowest BCUT2D eigenvalue weighted by Crippen LogP contribution is -2.53. The van der Waals surface area contributed by atoms with Gasteiger partial charge < -0.3 is 19.7 Å². The summed E-state index contributed by atoms with van der Waals surface area (Å²) in [6, 6.07) is 22.6. The minimum Gasteiger partial charge on any atom is -0.490 e. The van der Waals surface area contributed by atoms with E-state index in [1.54, 1.807) is 4.90 Å². The van der Waals surface area contributed by atoms with Gasteiger partial charge in [0.2, 0.25) is 11.7 Å². The van der Waals surface area contributed by atoms with Gasteiger partial charge in [-0.25, -0.2) is 0 Å². The summed E-state index contributed by atoms with van der Waals surface area (Å²) < 4.78 is 10.9. The highest BCUT2D eigenvalue weighted by Gasteiger charge is 2.32. The number of nitrogens with zero attached hydrogens (tertiary/aromatic N) is 2. The van der Waals surface area contributed by atoms with Crippen molar-refractivity contribution in [3.63, 3.8) is 0 Å². The third-order valence-corrected chi connectivity index (χ3v) is 6.88. The first-order valence-corrected chi connectivity index (χ1v) is 13.1. The molecule has 0 heterocycles. The molecule has 9 heteroatoms. The number of methoxy groups -OCH3 is 1. The average Bonchev–Trinajstić information content (AvgIpc) is 3.47. The number of amides is 2.